The van der Waals surface area contributed by atoms with Gasteiger partial charge in [0.2, 0.25) is 6.79 Å². The maximum Gasteiger partial charge on any atom is 0.231 e. The number of hydrogen-bond donors (Lipinski definition) is 0. The highest BCUT2D eigenvalue weighted by molar-refractivity contribution is 9.10. The number of likely N-dealkylation sites (N-methyl/N-ethyl adjacent to an activating group) is 1. The Morgan fingerprint density at radius 2 is 1.89 bits per heavy atom. The lowest BCUT2D eigenvalue weighted by Gasteiger charge is -2.31. The van der Waals surface area contributed by atoms with Crippen LogP contribution < -0.4 is 18.9 Å². The molecule has 2 heterocycles. The van der Waals surface area contributed by atoms with Gasteiger partial charge in [-0.3, -0.25) is 4.90 Å². The topological polar surface area (TPSA) is 64.0 Å². The van der Waals surface area contributed by atoms with E-state index in [0.717, 1.165) is 39.9 Å². The molecule has 2 atom stereocenters. The molecule has 0 aromatic heterocycles. The normalized spacial score (nSPS) is 20.8. The smallest absolute Gasteiger partial charge is 0.231 e. The first-order valence-electron chi connectivity index (χ1n) is 9.01. The molecule has 28 heavy (non-hydrogen) atoms. The Bertz CT molecular complexity index is 956. The Balaban J connectivity index is 1.86. The highest BCUT2D eigenvalue weighted by atomic mass is 79.9. The molecular formula is C21H21BrN2O4. The Morgan fingerprint density at radius 3 is 2.57 bits per heavy atom. The van der Waals surface area contributed by atoms with Crippen LogP contribution in [0.3, 0.4) is 0 Å². The lowest BCUT2D eigenvalue weighted by molar-refractivity contribution is 0.173. The zero-order valence-electron chi connectivity index (χ0n) is 16.0. The van der Waals surface area contributed by atoms with Crippen molar-refractivity contribution in [1.82, 2.24) is 4.90 Å². The second kappa shape index (κ2) is 7.53. The van der Waals surface area contributed by atoms with Gasteiger partial charge in [-0.2, -0.15) is 5.26 Å². The van der Waals surface area contributed by atoms with Crippen molar-refractivity contribution in [3.05, 3.63) is 45.4 Å². The zero-order chi connectivity index (χ0) is 19.8. The van der Waals surface area contributed by atoms with Crippen molar-refractivity contribution >= 4 is 15.9 Å². The number of rotatable bonds is 3. The van der Waals surface area contributed by atoms with E-state index in [-0.39, 0.29) is 18.8 Å². The van der Waals surface area contributed by atoms with Crippen molar-refractivity contribution in [2.75, 3.05) is 34.6 Å². The fourth-order valence-electron chi connectivity index (χ4n) is 4.06. The van der Waals surface area contributed by atoms with Crippen molar-refractivity contribution < 1.29 is 18.9 Å². The quantitative estimate of drug-likeness (QED) is 0.711. The van der Waals surface area contributed by atoms with E-state index in [1.54, 1.807) is 14.2 Å². The molecule has 0 spiro atoms. The van der Waals surface area contributed by atoms with Crippen molar-refractivity contribution in [1.29, 1.82) is 5.26 Å². The molecule has 4 rings (SSSR count). The molecule has 0 radical (unpaired) electrons. The fourth-order valence-corrected chi connectivity index (χ4v) is 4.78. The summed E-state index contributed by atoms with van der Waals surface area (Å²) < 4.78 is 22.9. The van der Waals surface area contributed by atoms with E-state index in [0.29, 0.717) is 17.2 Å². The summed E-state index contributed by atoms with van der Waals surface area (Å²) in [4.78, 5) is 2.22. The van der Waals surface area contributed by atoms with Gasteiger partial charge >= 0.3 is 0 Å². The van der Waals surface area contributed by atoms with Gasteiger partial charge in [-0.05, 0) is 64.3 Å². The monoisotopic (exact) mass is 444 g/mol. The molecule has 2 aromatic carbocycles. The number of methoxy groups -OCH3 is 2. The van der Waals surface area contributed by atoms with Gasteiger partial charge in [-0.25, -0.2) is 0 Å². The third-order valence-electron chi connectivity index (χ3n) is 5.47. The molecule has 0 saturated heterocycles. The van der Waals surface area contributed by atoms with Crippen molar-refractivity contribution in [3.8, 4) is 29.1 Å². The maximum absolute atomic E-state index is 10.2. The molecule has 0 N–H and O–H groups in total. The second-order valence-corrected chi connectivity index (χ2v) is 7.68. The minimum absolute atomic E-state index is 0.152. The first kappa shape index (κ1) is 18.9. The van der Waals surface area contributed by atoms with E-state index in [9.17, 15) is 5.26 Å². The largest absolute Gasteiger partial charge is 0.493 e. The van der Waals surface area contributed by atoms with Gasteiger partial charge in [0.05, 0.1) is 36.7 Å². The predicted octanol–water partition coefficient (Wildman–Crippen LogP) is 4.03. The first-order chi connectivity index (χ1) is 13.6. The van der Waals surface area contributed by atoms with Gasteiger partial charge in [-0.15, -0.1) is 0 Å². The minimum atomic E-state index is -0.369. The van der Waals surface area contributed by atoms with Crippen LogP contribution in [0.1, 0.15) is 28.7 Å². The second-order valence-electron chi connectivity index (χ2n) is 6.89. The number of benzene rings is 2. The minimum Gasteiger partial charge on any atom is -0.493 e. The van der Waals surface area contributed by atoms with Crippen molar-refractivity contribution in [2.45, 2.75) is 18.4 Å². The summed E-state index contributed by atoms with van der Waals surface area (Å²) in [5, 5.41) is 10.2. The average molecular weight is 445 g/mol. The van der Waals surface area contributed by atoms with Crippen LogP contribution in [-0.2, 0) is 6.42 Å². The van der Waals surface area contributed by atoms with E-state index in [2.05, 4.69) is 26.9 Å². The number of nitriles is 1. The highest BCUT2D eigenvalue weighted by Gasteiger charge is 2.36. The first-order valence-corrected chi connectivity index (χ1v) is 9.81. The molecule has 2 aromatic rings. The third kappa shape index (κ3) is 2.97. The maximum atomic E-state index is 10.2. The number of ether oxygens (including phenoxy) is 4. The molecule has 0 amide bonds. The molecule has 0 fully saturated rings. The number of halogens is 1. The Hall–Kier alpha value is -2.43. The molecule has 0 saturated carbocycles. The summed E-state index contributed by atoms with van der Waals surface area (Å²) in [6, 6.07) is 10.2. The summed E-state index contributed by atoms with van der Waals surface area (Å²) in [5.41, 5.74) is 3.10. The number of hydrogen-bond acceptors (Lipinski definition) is 6. The molecule has 0 aliphatic carbocycles. The van der Waals surface area contributed by atoms with E-state index in [1.165, 1.54) is 0 Å². The Labute approximate surface area is 172 Å². The SMILES string of the molecule is COc1ccc([C@H]2[C@@H](C#N)c3cc4c(cc3CCN2C)OCO4)c(Br)c1OC. The molecule has 0 bridgehead atoms. The third-order valence-corrected chi connectivity index (χ3v) is 6.28. The predicted molar refractivity (Wildman–Crippen MR) is 107 cm³/mol. The molecule has 2 aliphatic heterocycles. The van der Waals surface area contributed by atoms with Gasteiger partial charge in [0, 0.05) is 6.54 Å². The molecule has 6 nitrogen and oxygen atoms in total. The van der Waals surface area contributed by atoms with Crippen LogP contribution in [0, 0.1) is 11.3 Å². The van der Waals surface area contributed by atoms with Crippen LogP contribution in [0.5, 0.6) is 23.0 Å². The summed E-state index contributed by atoms with van der Waals surface area (Å²) >= 11 is 3.68. The lowest BCUT2D eigenvalue weighted by Crippen LogP contribution is -2.29. The summed E-state index contributed by atoms with van der Waals surface area (Å²) in [7, 11) is 5.27. The highest BCUT2D eigenvalue weighted by Crippen LogP contribution is 2.48. The summed E-state index contributed by atoms with van der Waals surface area (Å²) in [6.07, 6.45) is 0.835. The number of fused-ring (bicyclic) bond motifs is 2. The van der Waals surface area contributed by atoms with E-state index in [1.807, 2.05) is 31.3 Å². The summed E-state index contributed by atoms with van der Waals surface area (Å²) in [6.45, 7) is 1.04. The van der Waals surface area contributed by atoms with E-state index < -0.39 is 0 Å². The Kier molecular flexibility index (Phi) is 5.09. The van der Waals surface area contributed by atoms with Gasteiger partial charge in [-0.1, -0.05) is 6.07 Å². The van der Waals surface area contributed by atoms with Gasteiger partial charge in [0.1, 0.15) is 0 Å². The van der Waals surface area contributed by atoms with E-state index in [4.69, 9.17) is 18.9 Å². The average Bonchev–Trinajstić information content (AvgIpc) is 3.11. The van der Waals surface area contributed by atoms with Crippen LogP contribution in [0.4, 0.5) is 0 Å². The van der Waals surface area contributed by atoms with E-state index >= 15 is 0 Å². The molecular weight excluding hydrogens is 424 g/mol. The molecule has 146 valence electrons. The molecule has 0 unspecified atom stereocenters. The van der Waals surface area contributed by atoms with Gasteiger partial charge < -0.3 is 18.9 Å². The van der Waals surface area contributed by atoms with Crippen LogP contribution in [0.15, 0.2) is 28.7 Å². The molecule has 2 aliphatic rings. The number of nitrogens with zero attached hydrogens (tertiary/aromatic N) is 2. The van der Waals surface area contributed by atoms with Crippen LogP contribution >= 0.6 is 15.9 Å². The lowest BCUT2D eigenvalue weighted by atomic mass is 9.85. The summed E-state index contributed by atoms with van der Waals surface area (Å²) in [5.74, 6) is 2.36. The van der Waals surface area contributed by atoms with Crippen LogP contribution in [0.25, 0.3) is 0 Å². The van der Waals surface area contributed by atoms with Crippen LogP contribution in [-0.4, -0.2) is 39.5 Å². The zero-order valence-corrected chi connectivity index (χ0v) is 17.6. The van der Waals surface area contributed by atoms with Crippen LogP contribution in [0.2, 0.25) is 0 Å². The standard InChI is InChI=1S/C21H21BrN2O4/c1-24-7-6-12-8-17-18(28-11-27-17)9-14(12)15(10-23)20(24)13-4-5-16(25-2)21(26-3)19(13)22/h4-5,8-9,15,20H,6-7,11H2,1-3H3/t15-,20-/m0/s1. The molecule has 7 heteroatoms. The fraction of sp³-hybridized carbons (Fsp3) is 0.381. The van der Waals surface area contributed by atoms with Crippen molar-refractivity contribution in [2.24, 2.45) is 0 Å². The van der Waals surface area contributed by atoms with Crippen molar-refractivity contribution in [3.63, 3.8) is 0 Å². The van der Waals surface area contributed by atoms with Gasteiger partial charge in [0.25, 0.3) is 0 Å². The Morgan fingerprint density at radius 1 is 1.14 bits per heavy atom. The van der Waals surface area contributed by atoms with Gasteiger partial charge in [0.15, 0.2) is 23.0 Å².